The van der Waals surface area contributed by atoms with Crippen molar-refractivity contribution in [3.8, 4) is 5.75 Å². The van der Waals surface area contributed by atoms with Crippen LogP contribution in [0.15, 0.2) is 18.2 Å². The van der Waals surface area contributed by atoms with Crippen molar-refractivity contribution in [3.05, 3.63) is 28.8 Å². The van der Waals surface area contributed by atoms with Gasteiger partial charge in [0.25, 0.3) is 0 Å². The van der Waals surface area contributed by atoms with E-state index in [9.17, 15) is 4.79 Å². The van der Waals surface area contributed by atoms with Crippen molar-refractivity contribution in [2.75, 3.05) is 7.11 Å². The highest BCUT2D eigenvalue weighted by molar-refractivity contribution is 9.10. The Balaban J connectivity index is 3.03. The number of ketones is 1. The predicted molar refractivity (Wildman–Crippen MR) is 60.7 cm³/mol. The van der Waals surface area contributed by atoms with Crippen LogP contribution in [0.3, 0.4) is 0 Å². The molecule has 1 aromatic rings. The quantitative estimate of drug-likeness (QED) is 0.626. The van der Waals surface area contributed by atoms with Gasteiger partial charge in [-0.15, -0.1) is 0 Å². The summed E-state index contributed by atoms with van der Waals surface area (Å²) in [5.74, 6) is 0.583. The molecule has 1 rings (SSSR count). The van der Waals surface area contributed by atoms with E-state index in [1.165, 1.54) is 7.11 Å². The van der Waals surface area contributed by atoms with E-state index < -0.39 is 0 Å². The van der Waals surface area contributed by atoms with Gasteiger partial charge in [0.05, 0.1) is 17.0 Å². The Kier molecular flexibility index (Phi) is 3.96. The summed E-state index contributed by atoms with van der Waals surface area (Å²) in [5, 5.41) is 0.450. The molecule has 1 unspecified atom stereocenters. The highest BCUT2D eigenvalue weighted by atomic mass is 79.9. The maximum atomic E-state index is 11.5. The standard InChI is InChI=1S/C10H10BrClO2/c1-6(11)10(13)7-3-4-9(14-2)8(12)5-7/h3-6H,1-2H3. The van der Waals surface area contributed by atoms with Gasteiger partial charge in [0.15, 0.2) is 5.78 Å². The Morgan fingerprint density at radius 2 is 2.21 bits per heavy atom. The summed E-state index contributed by atoms with van der Waals surface area (Å²) >= 11 is 9.10. The minimum Gasteiger partial charge on any atom is -0.495 e. The summed E-state index contributed by atoms with van der Waals surface area (Å²) in [7, 11) is 1.54. The first-order chi connectivity index (χ1) is 6.56. The van der Waals surface area contributed by atoms with Gasteiger partial charge in [0.2, 0.25) is 0 Å². The van der Waals surface area contributed by atoms with Gasteiger partial charge in [0, 0.05) is 5.56 Å². The molecule has 0 aliphatic carbocycles. The molecule has 0 saturated heterocycles. The minimum atomic E-state index is -0.202. The molecule has 1 aromatic carbocycles. The van der Waals surface area contributed by atoms with Crippen LogP contribution >= 0.6 is 27.5 Å². The van der Waals surface area contributed by atoms with Crippen molar-refractivity contribution in [1.29, 1.82) is 0 Å². The molecule has 0 saturated carbocycles. The van der Waals surface area contributed by atoms with E-state index in [-0.39, 0.29) is 10.6 Å². The Bertz CT molecular complexity index is 350. The van der Waals surface area contributed by atoms with Gasteiger partial charge in [-0.05, 0) is 25.1 Å². The van der Waals surface area contributed by atoms with Gasteiger partial charge >= 0.3 is 0 Å². The van der Waals surface area contributed by atoms with Crippen LogP contribution in [0.4, 0.5) is 0 Å². The zero-order valence-corrected chi connectivity index (χ0v) is 10.2. The second-order valence-electron chi connectivity index (χ2n) is 2.83. The Labute approximate surface area is 96.3 Å². The molecule has 0 N–H and O–H groups in total. The first-order valence-electron chi connectivity index (χ1n) is 4.08. The van der Waals surface area contributed by atoms with Gasteiger partial charge < -0.3 is 4.74 Å². The Hall–Kier alpha value is -0.540. The van der Waals surface area contributed by atoms with Crippen LogP contribution in [-0.2, 0) is 0 Å². The number of carbonyl (C=O) groups excluding carboxylic acids is 1. The van der Waals surface area contributed by atoms with Crippen molar-refractivity contribution in [1.82, 2.24) is 0 Å². The third-order valence-electron chi connectivity index (χ3n) is 1.80. The van der Waals surface area contributed by atoms with Crippen molar-refractivity contribution in [3.63, 3.8) is 0 Å². The maximum Gasteiger partial charge on any atom is 0.176 e. The summed E-state index contributed by atoms with van der Waals surface area (Å²) in [6.07, 6.45) is 0. The molecule has 0 spiro atoms. The summed E-state index contributed by atoms with van der Waals surface area (Å²) < 4.78 is 4.99. The van der Waals surface area contributed by atoms with E-state index in [0.29, 0.717) is 16.3 Å². The zero-order valence-electron chi connectivity index (χ0n) is 7.88. The first-order valence-corrected chi connectivity index (χ1v) is 5.37. The lowest BCUT2D eigenvalue weighted by Crippen LogP contribution is -2.09. The number of alkyl halides is 1. The van der Waals surface area contributed by atoms with E-state index >= 15 is 0 Å². The van der Waals surface area contributed by atoms with Crippen LogP contribution in [-0.4, -0.2) is 17.7 Å². The molecule has 0 aliphatic rings. The van der Waals surface area contributed by atoms with Crippen LogP contribution < -0.4 is 4.74 Å². The molecule has 0 aliphatic heterocycles. The van der Waals surface area contributed by atoms with Gasteiger partial charge in [-0.25, -0.2) is 0 Å². The van der Waals surface area contributed by atoms with Crippen LogP contribution in [0, 0.1) is 0 Å². The Morgan fingerprint density at radius 1 is 1.57 bits per heavy atom. The van der Waals surface area contributed by atoms with E-state index in [1.54, 1.807) is 25.1 Å². The molecule has 0 amide bonds. The number of Topliss-reactive ketones (excluding diaryl/α,β-unsaturated/α-hetero) is 1. The van der Waals surface area contributed by atoms with Crippen LogP contribution in [0.5, 0.6) is 5.75 Å². The average molecular weight is 278 g/mol. The normalized spacial score (nSPS) is 12.3. The van der Waals surface area contributed by atoms with E-state index in [0.717, 1.165) is 0 Å². The molecule has 0 fully saturated rings. The fraction of sp³-hybridized carbons (Fsp3) is 0.300. The highest BCUT2D eigenvalue weighted by Crippen LogP contribution is 2.25. The molecule has 0 radical (unpaired) electrons. The van der Waals surface area contributed by atoms with E-state index in [2.05, 4.69) is 15.9 Å². The van der Waals surface area contributed by atoms with Gasteiger partial charge in [-0.3, -0.25) is 4.79 Å². The lowest BCUT2D eigenvalue weighted by Gasteiger charge is -2.06. The number of halogens is 2. The minimum absolute atomic E-state index is 0.00885. The molecule has 76 valence electrons. The lowest BCUT2D eigenvalue weighted by atomic mass is 10.1. The zero-order chi connectivity index (χ0) is 10.7. The largest absolute Gasteiger partial charge is 0.495 e. The average Bonchev–Trinajstić information content (AvgIpc) is 2.16. The first kappa shape index (κ1) is 11.5. The molecule has 4 heteroatoms. The van der Waals surface area contributed by atoms with Crippen LogP contribution in [0.1, 0.15) is 17.3 Å². The second kappa shape index (κ2) is 4.80. The number of benzene rings is 1. The number of rotatable bonds is 3. The smallest absolute Gasteiger partial charge is 0.176 e. The van der Waals surface area contributed by atoms with Gasteiger partial charge in [0.1, 0.15) is 5.75 Å². The summed E-state index contributed by atoms with van der Waals surface area (Å²) in [4.78, 5) is 11.3. The monoisotopic (exact) mass is 276 g/mol. The van der Waals surface area contributed by atoms with Crippen molar-refractivity contribution >= 4 is 33.3 Å². The van der Waals surface area contributed by atoms with Crippen molar-refractivity contribution < 1.29 is 9.53 Å². The third kappa shape index (κ3) is 2.49. The molecule has 14 heavy (non-hydrogen) atoms. The number of methoxy groups -OCH3 is 1. The molecular formula is C10H10BrClO2. The van der Waals surface area contributed by atoms with E-state index in [4.69, 9.17) is 16.3 Å². The number of hydrogen-bond donors (Lipinski definition) is 0. The van der Waals surface area contributed by atoms with E-state index in [1.807, 2.05) is 0 Å². The number of hydrogen-bond acceptors (Lipinski definition) is 2. The Morgan fingerprint density at radius 3 is 2.64 bits per heavy atom. The van der Waals surface area contributed by atoms with Gasteiger partial charge in [-0.1, -0.05) is 27.5 Å². The molecule has 0 bridgehead atoms. The SMILES string of the molecule is COc1ccc(C(=O)C(C)Br)cc1Cl. The number of ether oxygens (including phenoxy) is 1. The fourth-order valence-electron chi connectivity index (χ4n) is 1.05. The summed E-state index contributed by atoms with van der Waals surface area (Å²) in [5.41, 5.74) is 0.583. The third-order valence-corrected chi connectivity index (χ3v) is 2.51. The second-order valence-corrected chi connectivity index (χ2v) is 4.61. The van der Waals surface area contributed by atoms with Crippen molar-refractivity contribution in [2.24, 2.45) is 0 Å². The van der Waals surface area contributed by atoms with Crippen molar-refractivity contribution in [2.45, 2.75) is 11.8 Å². The fourth-order valence-corrected chi connectivity index (χ4v) is 1.57. The summed E-state index contributed by atoms with van der Waals surface area (Å²) in [6.45, 7) is 1.78. The summed E-state index contributed by atoms with van der Waals surface area (Å²) in [6, 6.07) is 5.00. The predicted octanol–water partition coefficient (Wildman–Crippen LogP) is 3.31. The van der Waals surface area contributed by atoms with Crippen LogP contribution in [0.2, 0.25) is 5.02 Å². The molecular weight excluding hydrogens is 267 g/mol. The molecule has 1 atom stereocenters. The molecule has 0 heterocycles. The molecule has 0 aromatic heterocycles. The highest BCUT2D eigenvalue weighted by Gasteiger charge is 2.13. The maximum absolute atomic E-state index is 11.5. The van der Waals surface area contributed by atoms with Gasteiger partial charge in [-0.2, -0.15) is 0 Å². The van der Waals surface area contributed by atoms with Crippen LogP contribution in [0.25, 0.3) is 0 Å². The topological polar surface area (TPSA) is 26.3 Å². The molecule has 2 nitrogen and oxygen atoms in total. The number of carbonyl (C=O) groups is 1. The lowest BCUT2D eigenvalue weighted by molar-refractivity contribution is 0.0996.